The number of piperidine rings is 1. The van der Waals surface area contributed by atoms with Gasteiger partial charge in [0, 0.05) is 62.2 Å². The molecule has 2 saturated heterocycles. The molecule has 1 N–H and O–H groups in total. The van der Waals surface area contributed by atoms with Crippen LogP contribution in [0.3, 0.4) is 0 Å². The molecule has 0 saturated carbocycles. The number of nitriles is 1. The van der Waals surface area contributed by atoms with Gasteiger partial charge in [-0.1, -0.05) is 30.3 Å². The summed E-state index contributed by atoms with van der Waals surface area (Å²) in [5.74, 6) is 2.98. The Morgan fingerprint density at radius 1 is 0.863 bits per heavy atom. The number of nitrogens with zero attached hydrogens (tertiary/aromatic N) is 4. The number of benzene rings is 3. The fraction of sp³-hybridized carbons (Fsp3) is 0.405. The van der Waals surface area contributed by atoms with Gasteiger partial charge in [0.25, 0.3) is 0 Å². The summed E-state index contributed by atoms with van der Waals surface area (Å²) in [6.45, 7) is 11.2. The van der Waals surface area contributed by atoms with Crippen molar-refractivity contribution < 1.29 is 19.0 Å². The van der Waals surface area contributed by atoms with Crippen LogP contribution in [0.5, 0.6) is 17.2 Å². The molecule has 2 fully saturated rings. The molecule has 266 valence electrons. The van der Waals surface area contributed by atoms with Gasteiger partial charge in [0.05, 0.1) is 18.2 Å². The number of rotatable bonds is 13. The minimum atomic E-state index is -0.222. The van der Waals surface area contributed by atoms with Crippen LogP contribution >= 0.6 is 0 Å². The van der Waals surface area contributed by atoms with Crippen molar-refractivity contribution in [2.75, 3.05) is 40.3 Å². The summed E-state index contributed by atoms with van der Waals surface area (Å²) in [7, 11) is 4.02. The fourth-order valence-electron chi connectivity index (χ4n) is 7.16. The van der Waals surface area contributed by atoms with Gasteiger partial charge in [0.15, 0.2) is 0 Å². The van der Waals surface area contributed by atoms with Crippen molar-refractivity contribution in [3.05, 3.63) is 106 Å². The standard InChI is InChI=1S/C42H49N5O4/c1-28-17-35(23-45-38-14-16-47(5)42(38)48)41(50-26-33-18-32(20-43)21-44-22-33)19-40(28)51-27-34-10-6-11-36(29(34)2)37-12-7-13-39(30(37)3)49-25-31-9-8-15-46(4)24-31/h6-7,10-13,17-19,21-22,31,38,45H,8-9,14-16,23-27H2,1-5H3. The van der Waals surface area contributed by atoms with Crippen LogP contribution in [-0.2, 0) is 24.6 Å². The highest BCUT2D eigenvalue weighted by atomic mass is 16.5. The van der Waals surface area contributed by atoms with Gasteiger partial charge in [-0.05, 0) is 105 Å². The minimum Gasteiger partial charge on any atom is -0.493 e. The first-order chi connectivity index (χ1) is 24.7. The highest BCUT2D eigenvalue weighted by molar-refractivity contribution is 5.83. The van der Waals surface area contributed by atoms with Crippen LogP contribution in [0.25, 0.3) is 11.1 Å². The van der Waals surface area contributed by atoms with Crippen LogP contribution < -0.4 is 19.5 Å². The summed E-state index contributed by atoms with van der Waals surface area (Å²) in [5.41, 5.74) is 8.91. The van der Waals surface area contributed by atoms with Crippen molar-refractivity contribution in [2.45, 2.75) is 65.8 Å². The third kappa shape index (κ3) is 8.70. The van der Waals surface area contributed by atoms with Gasteiger partial charge < -0.3 is 29.3 Å². The van der Waals surface area contributed by atoms with E-state index in [0.717, 1.165) is 71.0 Å². The molecule has 3 aromatic carbocycles. The van der Waals surface area contributed by atoms with Crippen molar-refractivity contribution in [1.82, 2.24) is 20.1 Å². The third-order valence-electron chi connectivity index (χ3n) is 10.2. The van der Waals surface area contributed by atoms with Crippen molar-refractivity contribution in [2.24, 2.45) is 5.92 Å². The first-order valence-corrected chi connectivity index (χ1v) is 17.9. The highest BCUT2D eigenvalue weighted by Gasteiger charge is 2.28. The quantitative estimate of drug-likeness (QED) is 0.165. The van der Waals surface area contributed by atoms with E-state index in [1.807, 2.05) is 20.0 Å². The number of aryl methyl sites for hydroxylation is 1. The first kappa shape index (κ1) is 35.9. The second-order valence-electron chi connectivity index (χ2n) is 14.1. The zero-order valence-electron chi connectivity index (χ0n) is 30.5. The summed E-state index contributed by atoms with van der Waals surface area (Å²) < 4.78 is 19.3. The largest absolute Gasteiger partial charge is 0.493 e. The summed E-state index contributed by atoms with van der Waals surface area (Å²) in [6, 6.07) is 20.4. The number of hydrogen-bond donors (Lipinski definition) is 1. The third-order valence-corrected chi connectivity index (χ3v) is 10.2. The lowest BCUT2D eigenvalue weighted by Crippen LogP contribution is -2.36. The number of amides is 1. The monoisotopic (exact) mass is 687 g/mol. The fourth-order valence-corrected chi connectivity index (χ4v) is 7.16. The van der Waals surface area contributed by atoms with E-state index in [1.54, 1.807) is 17.2 Å². The molecule has 9 nitrogen and oxygen atoms in total. The molecule has 2 unspecified atom stereocenters. The van der Waals surface area contributed by atoms with Crippen LogP contribution in [0.4, 0.5) is 0 Å². The average molecular weight is 688 g/mol. The van der Waals surface area contributed by atoms with Crippen LogP contribution in [0.2, 0.25) is 0 Å². The Bertz CT molecular complexity index is 1900. The van der Waals surface area contributed by atoms with Crippen molar-refractivity contribution >= 4 is 5.91 Å². The molecular formula is C42H49N5O4. The lowest BCUT2D eigenvalue weighted by Gasteiger charge is -2.29. The maximum absolute atomic E-state index is 12.6. The number of aromatic nitrogens is 1. The normalized spacial score (nSPS) is 17.7. The second-order valence-corrected chi connectivity index (χ2v) is 14.1. The van der Waals surface area contributed by atoms with Gasteiger partial charge in [-0.25, -0.2) is 0 Å². The Hall–Kier alpha value is -4.91. The predicted molar refractivity (Wildman–Crippen MR) is 199 cm³/mol. The van der Waals surface area contributed by atoms with Crippen LogP contribution in [0, 0.1) is 38.0 Å². The van der Waals surface area contributed by atoms with Gasteiger partial charge in [-0.2, -0.15) is 5.26 Å². The Balaban J connectivity index is 1.19. The molecule has 4 aromatic rings. The lowest BCUT2D eigenvalue weighted by molar-refractivity contribution is -0.128. The molecule has 0 aliphatic carbocycles. The van der Waals surface area contributed by atoms with E-state index in [2.05, 4.69) is 84.6 Å². The number of carbonyl (C=O) groups excluding carboxylic acids is 1. The molecule has 1 aromatic heterocycles. The number of ether oxygens (including phenoxy) is 3. The smallest absolute Gasteiger partial charge is 0.239 e. The molecule has 9 heteroatoms. The second kappa shape index (κ2) is 16.4. The van der Waals surface area contributed by atoms with Gasteiger partial charge in [-0.3, -0.25) is 9.78 Å². The molecule has 51 heavy (non-hydrogen) atoms. The van der Waals surface area contributed by atoms with Gasteiger partial charge >= 0.3 is 0 Å². The summed E-state index contributed by atoms with van der Waals surface area (Å²) in [4.78, 5) is 20.9. The van der Waals surface area contributed by atoms with E-state index >= 15 is 0 Å². The van der Waals surface area contributed by atoms with E-state index in [0.29, 0.717) is 30.4 Å². The van der Waals surface area contributed by atoms with Crippen molar-refractivity contribution in [1.29, 1.82) is 5.26 Å². The predicted octanol–water partition coefficient (Wildman–Crippen LogP) is 6.74. The molecule has 2 aliphatic heterocycles. The number of carbonyl (C=O) groups is 1. The maximum Gasteiger partial charge on any atom is 0.239 e. The Labute approximate surface area is 302 Å². The van der Waals surface area contributed by atoms with Crippen LogP contribution in [0.15, 0.2) is 67.0 Å². The van der Waals surface area contributed by atoms with E-state index < -0.39 is 0 Å². The molecule has 2 atom stereocenters. The Kier molecular flexibility index (Phi) is 11.5. The number of pyridine rings is 1. The lowest BCUT2D eigenvalue weighted by atomic mass is 9.93. The molecule has 0 bridgehead atoms. The molecule has 1 amide bonds. The summed E-state index contributed by atoms with van der Waals surface area (Å²) in [6.07, 6.45) is 6.44. The molecule has 3 heterocycles. The van der Waals surface area contributed by atoms with E-state index in [4.69, 9.17) is 14.2 Å². The van der Waals surface area contributed by atoms with Crippen LogP contribution in [-0.4, -0.2) is 67.1 Å². The first-order valence-electron chi connectivity index (χ1n) is 17.9. The molecule has 6 rings (SSSR count). The molecular weight excluding hydrogens is 638 g/mol. The highest BCUT2D eigenvalue weighted by Crippen LogP contribution is 2.35. The van der Waals surface area contributed by atoms with Gasteiger partial charge in [0.1, 0.15) is 36.5 Å². The maximum atomic E-state index is 12.6. The van der Waals surface area contributed by atoms with Crippen LogP contribution in [0.1, 0.15) is 58.2 Å². The summed E-state index contributed by atoms with van der Waals surface area (Å²) >= 11 is 0. The topological polar surface area (TPSA) is 100.0 Å². The van der Waals surface area contributed by atoms with Crippen molar-refractivity contribution in [3.63, 3.8) is 0 Å². The van der Waals surface area contributed by atoms with Crippen molar-refractivity contribution in [3.8, 4) is 34.4 Å². The molecule has 2 aliphatic rings. The summed E-state index contributed by atoms with van der Waals surface area (Å²) in [5, 5.41) is 12.8. The number of nitrogens with one attached hydrogen (secondary N) is 1. The Morgan fingerprint density at radius 3 is 2.41 bits per heavy atom. The molecule has 0 radical (unpaired) electrons. The number of hydrogen-bond acceptors (Lipinski definition) is 8. The van der Waals surface area contributed by atoms with E-state index in [1.165, 1.54) is 36.7 Å². The SMILES string of the molecule is Cc1cc(CNC2CCN(C)C2=O)c(OCc2cncc(C#N)c2)cc1OCc1cccc(-c2cccc(OCC3CCCN(C)C3)c2C)c1C. The van der Waals surface area contributed by atoms with E-state index in [-0.39, 0.29) is 18.6 Å². The minimum absolute atomic E-state index is 0.105. The Morgan fingerprint density at radius 2 is 1.65 bits per heavy atom. The van der Waals surface area contributed by atoms with Gasteiger partial charge in [-0.15, -0.1) is 0 Å². The number of likely N-dealkylation sites (N-methyl/N-ethyl adjacent to an activating group) is 1. The van der Waals surface area contributed by atoms with Gasteiger partial charge in [0.2, 0.25) is 5.91 Å². The number of likely N-dealkylation sites (tertiary alicyclic amines) is 2. The average Bonchev–Trinajstić information content (AvgIpc) is 3.46. The zero-order valence-corrected chi connectivity index (χ0v) is 30.5. The van der Waals surface area contributed by atoms with E-state index in [9.17, 15) is 10.1 Å². The molecule has 0 spiro atoms. The zero-order chi connectivity index (χ0) is 35.9.